The van der Waals surface area contributed by atoms with Gasteiger partial charge in [0, 0.05) is 32.4 Å². The number of aromatic carboxylic acids is 1. The summed E-state index contributed by atoms with van der Waals surface area (Å²) < 4.78 is 0. The quantitative estimate of drug-likeness (QED) is 0.780. The Kier molecular flexibility index (Phi) is 5.17. The topological polar surface area (TPSA) is 122 Å². The number of likely N-dealkylation sites (N-methyl/N-ethyl adjacent to an activating group) is 1. The molecule has 2 bridgehead atoms. The van der Waals surface area contributed by atoms with Gasteiger partial charge in [0.25, 0.3) is 0 Å². The number of nitrogens with one attached hydrogen (secondary N) is 1. The number of nitriles is 1. The van der Waals surface area contributed by atoms with Gasteiger partial charge in [-0.15, -0.1) is 0 Å². The van der Waals surface area contributed by atoms with Gasteiger partial charge in [0.05, 0.1) is 11.3 Å². The maximum atomic E-state index is 10.9. The molecule has 27 heavy (non-hydrogen) atoms. The first-order valence-electron chi connectivity index (χ1n) is 8.32. The second-order valence-corrected chi connectivity index (χ2v) is 6.15. The van der Waals surface area contributed by atoms with Gasteiger partial charge in [0.1, 0.15) is 11.9 Å². The van der Waals surface area contributed by atoms with E-state index < -0.39 is 5.97 Å². The van der Waals surface area contributed by atoms with Crippen LogP contribution in [0.4, 0.5) is 17.3 Å². The summed E-state index contributed by atoms with van der Waals surface area (Å²) in [6.45, 7) is 2.06. The van der Waals surface area contributed by atoms with Crippen LogP contribution in [-0.4, -0.2) is 53.6 Å². The maximum absolute atomic E-state index is 10.9. The molecule has 1 unspecified atom stereocenters. The summed E-state index contributed by atoms with van der Waals surface area (Å²) >= 11 is 0. The molecule has 9 nitrogen and oxygen atoms in total. The third-order valence-electron chi connectivity index (χ3n) is 4.56. The molecule has 0 aromatic carbocycles. The highest BCUT2D eigenvalue weighted by Gasteiger charge is 2.35. The fourth-order valence-corrected chi connectivity index (χ4v) is 3.12. The van der Waals surface area contributed by atoms with Crippen molar-refractivity contribution >= 4 is 29.7 Å². The van der Waals surface area contributed by atoms with Crippen molar-refractivity contribution in [3.05, 3.63) is 41.7 Å². The average Bonchev–Trinajstić information content (AvgIpc) is 3.13. The molecule has 4 rings (SSSR count). The summed E-state index contributed by atoms with van der Waals surface area (Å²) in [5.41, 5.74) is 1.65. The highest BCUT2D eigenvalue weighted by molar-refractivity contribution is 5.87. The van der Waals surface area contributed by atoms with Crippen LogP contribution in [0.2, 0.25) is 0 Å². The Morgan fingerprint density at radius 3 is 2.85 bits per heavy atom. The van der Waals surface area contributed by atoms with Gasteiger partial charge in [-0.2, -0.15) is 5.26 Å². The number of pyridine rings is 2. The molecular weight excluding hydrogens is 348 g/mol. The van der Waals surface area contributed by atoms with E-state index in [2.05, 4.69) is 25.1 Å². The van der Waals surface area contributed by atoms with Crippen molar-refractivity contribution in [1.82, 2.24) is 9.97 Å². The number of hydrogen-bond donors (Lipinski definition) is 2. The molecule has 2 aliphatic heterocycles. The van der Waals surface area contributed by atoms with E-state index in [9.17, 15) is 9.59 Å². The van der Waals surface area contributed by atoms with Crippen LogP contribution in [0.15, 0.2) is 30.5 Å². The van der Waals surface area contributed by atoms with Gasteiger partial charge in [-0.3, -0.25) is 4.79 Å². The summed E-state index contributed by atoms with van der Waals surface area (Å²) in [6.07, 6.45) is 3.05. The van der Waals surface area contributed by atoms with Crippen LogP contribution < -0.4 is 15.1 Å². The lowest BCUT2D eigenvalue weighted by Gasteiger charge is -2.34. The molecule has 2 aromatic heterocycles. The third-order valence-corrected chi connectivity index (χ3v) is 4.56. The highest BCUT2D eigenvalue weighted by atomic mass is 16.4. The summed E-state index contributed by atoms with van der Waals surface area (Å²) in [5, 5.41) is 19.7. The van der Waals surface area contributed by atoms with Crippen LogP contribution in [0.5, 0.6) is 0 Å². The molecular formula is C18H18N6O3. The highest BCUT2D eigenvalue weighted by Crippen LogP contribution is 2.37. The Morgan fingerprint density at radius 1 is 1.41 bits per heavy atom. The fraction of sp³-hybridized carbons (Fsp3) is 0.278. The first-order valence-corrected chi connectivity index (χ1v) is 8.32. The molecule has 0 aliphatic carbocycles. The number of carboxylic acid groups (broad SMARTS) is 1. The first kappa shape index (κ1) is 18.1. The Labute approximate surface area is 155 Å². The zero-order chi connectivity index (χ0) is 19.4. The molecule has 0 spiro atoms. The zero-order valence-electron chi connectivity index (χ0n) is 14.7. The van der Waals surface area contributed by atoms with E-state index in [1.165, 1.54) is 6.20 Å². The molecule has 1 atom stereocenters. The smallest absolute Gasteiger partial charge is 0.354 e. The minimum atomic E-state index is -0.968. The van der Waals surface area contributed by atoms with E-state index in [0.29, 0.717) is 23.8 Å². The molecule has 0 radical (unpaired) electrons. The van der Waals surface area contributed by atoms with Crippen LogP contribution in [0, 0.1) is 11.3 Å². The number of anilines is 3. The molecule has 2 aromatic rings. The maximum Gasteiger partial charge on any atom is 0.354 e. The second-order valence-electron chi connectivity index (χ2n) is 6.15. The molecule has 4 heterocycles. The molecule has 2 N–H and O–H groups in total. The van der Waals surface area contributed by atoms with E-state index in [4.69, 9.17) is 10.4 Å². The van der Waals surface area contributed by atoms with Crippen molar-refractivity contribution in [3.63, 3.8) is 0 Å². The largest absolute Gasteiger partial charge is 0.477 e. The molecule has 1 fully saturated rings. The van der Waals surface area contributed by atoms with Crippen LogP contribution in [0.25, 0.3) is 0 Å². The van der Waals surface area contributed by atoms with E-state index in [1.54, 1.807) is 18.2 Å². The van der Waals surface area contributed by atoms with Crippen LogP contribution in [0.3, 0.4) is 0 Å². The van der Waals surface area contributed by atoms with Crippen molar-refractivity contribution in [2.75, 3.05) is 35.3 Å². The standard InChI is InChI=1S/C11H13N3O2.C7H5N3O/c1-13-7-4-5-14(6-7)9-3-2-8(11(15)16)12-10(9)13;8-3-6-1-2-7(9-4-6)10-5-11/h2-3,7H,4-6H2,1H3,(H,15,16);1-2,4-5H,(H,9,10,11). The number of carbonyl (C=O) groups excluding carboxylic acids is 1. The second kappa shape index (κ2) is 7.70. The zero-order valence-corrected chi connectivity index (χ0v) is 14.7. The van der Waals surface area contributed by atoms with E-state index in [0.717, 1.165) is 31.0 Å². The lowest BCUT2D eigenvalue weighted by Crippen LogP contribution is -2.40. The minimum Gasteiger partial charge on any atom is -0.477 e. The summed E-state index contributed by atoms with van der Waals surface area (Å²) in [6, 6.07) is 8.98. The van der Waals surface area contributed by atoms with Crippen molar-refractivity contribution in [2.45, 2.75) is 12.5 Å². The molecule has 9 heteroatoms. The van der Waals surface area contributed by atoms with Gasteiger partial charge in [-0.25, -0.2) is 14.8 Å². The average molecular weight is 366 g/mol. The van der Waals surface area contributed by atoms with Crippen molar-refractivity contribution in [1.29, 1.82) is 5.26 Å². The van der Waals surface area contributed by atoms with Crippen LogP contribution in [0.1, 0.15) is 22.5 Å². The number of nitrogens with zero attached hydrogens (tertiary/aromatic N) is 5. The summed E-state index contributed by atoms with van der Waals surface area (Å²) in [4.78, 5) is 33.2. The number of carboxylic acids is 1. The van der Waals surface area contributed by atoms with Crippen molar-refractivity contribution < 1.29 is 14.7 Å². The monoisotopic (exact) mass is 366 g/mol. The fourth-order valence-electron chi connectivity index (χ4n) is 3.12. The number of rotatable bonds is 3. The van der Waals surface area contributed by atoms with Gasteiger partial charge in [0.2, 0.25) is 6.41 Å². The Balaban J connectivity index is 0.000000168. The molecule has 138 valence electrons. The number of hydrogen-bond acceptors (Lipinski definition) is 7. The van der Waals surface area contributed by atoms with Crippen LogP contribution >= 0.6 is 0 Å². The number of fused-ring (bicyclic) bond motifs is 4. The molecule has 1 saturated heterocycles. The molecule has 2 aliphatic rings. The van der Waals surface area contributed by atoms with Crippen molar-refractivity contribution in [2.24, 2.45) is 0 Å². The predicted molar refractivity (Wildman–Crippen MR) is 98.9 cm³/mol. The number of carbonyl (C=O) groups is 2. The van der Waals surface area contributed by atoms with E-state index in [-0.39, 0.29) is 5.69 Å². The lowest BCUT2D eigenvalue weighted by atomic mass is 10.2. The van der Waals surface area contributed by atoms with Crippen LogP contribution in [-0.2, 0) is 4.79 Å². The lowest BCUT2D eigenvalue weighted by molar-refractivity contribution is -0.105. The Bertz CT molecular complexity index is 893. The van der Waals surface area contributed by atoms with Gasteiger partial charge in [-0.1, -0.05) is 0 Å². The number of aromatic nitrogens is 2. The summed E-state index contributed by atoms with van der Waals surface area (Å²) in [5.74, 6) is 0.275. The Hall–Kier alpha value is -3.67. The number of amides is 1. The van der Waals surface area contributed by atoms with Gasteiger partial charge in [-0.05, 0) is 30.7 Å². The molecule has 1 amide bonds. The third kappa shape index (κ3) is 3.79. The van der Waals surface area contributed by atoms with E-state index in [1.807, 2.05) is 19.2 Å². The Morgan fingerprint density at radius 2 is 2.22 bits per heavy atom. The predicted octanol–water partition coefficient (Wildman–Crippen LogP) is 1.33. The van der Waals surface area contributed by atoms with E-state index >= 15 is 0 Å². The molecule has 0 saturated carbocycles. The van der Waals surface area contributed by atoms with Gasteiger partial charge >= 0.3 is 5.97 Å². The first-order chi connectivity index (χ1) is 13.0. The summed E-state index contributed by atoms with van der Waals surface area (Å²) in [7, 11) is 1.99. The SMILES string of the molecule is CN1c2nc(C(=O)O)ccc2N2CCC1C2.N#Cc1ccc(NC=O)nc1. The normalized spacial score (nSPS) is 16.5. The van der Waals surface area contributed by atoms with Crippen molar-refractivity contribution in [3.8, 4) is 6.07 Å². The van der Waals surface area contributed by atoms with Gasteiger partial charge in [0.15, 0.2) is 11.5 Å². The van der Waals surface area contributed by atoms with Gasteiger partial charge < -0.3 is 20.2 Å². The minimum absolute atomic E-state index is 0.119.